The normalized spacial score (nSPS) is 20.0. The van der Waals surface area contributed by atoms with Gasteiger partial charge in [0.05, 0.1) is 5.92 Å². The van der Waals surface area contributed by atoms with Gasteiger partial charge in [-0.25, -0.2) is 0 Å². The monoisotopic (exact) mass is 352 g/mol. The van der Waals surface area contributed by atoms with E-state index in [1.165, 1.54) is 5.56 Å². The smallest absolute Gasteiger partial charge is 0.224 e. The maximum Gasteiger partial charge on any atom is 0.224 e. The number of carbonyl (C=O) groups excluding carboxylic acids is 1. The van der Waals surface area contributed by atoms with Crippen LogP contribution in [0.25, 0.3) is 0 Å². The molecule has 1 amide bonds. The van der Waals surface area contributed by atoms with E-state index in [0.717, 1.165) is 49.8 Å². The zero-order valence-corrected chi connectivity index (χ0v) is 14.3. The second kappa shape index (κ2) is 8.54. The van der Waals surface area contributed by atoms with Crippen molar-refractivity contribution in [2.45, 2.75) is 32.6 Å². The van der Waals surface area contributed by atoms with Crippen molar-refractivity contribution in [2.75, 3.05) is 19.6 Å². The molecule has 1 aromatic carbocycles. The Balaban J connectivity index is 1.80. The summed E-state index contributed by atoms with van der Waals surface area (Å²) in [5, 5.41) is 6.44. The van der Waals surface area contributed by atoms with Gasteiger partial charge in [-0.2, -0.15) is 0 Å². The summed E-state index contributed by atoms with van der Waals surface area (Å²) in [5.74, 6) is 0.872. The molecule has 0 aromatic heterocycles. The lowest BCUT2D eigenvalue weighted by molar-refractivity contribution is -0.125. The van der Waals surface area contributed by atoms with Gasteiger partial charge in [-0.1, -0.05) is 41.4 Å². The summed E-state index contributed by atoms with van der Waals surface area (Å²) in [6.45, 7) is 4.84. The molecule has 1 heterocycles. The molecule has 0 aliphatic carbocycles. The molecule has 2 rings (SSSR count). The van der Waals surface area contributed by atoms with Crippen LogP contribution in [-0.2, 0) is 11.2 Å². The van der Waals surface area contributed by atoms with Gasteiger partial charge in [-0.3, -0.25) is 4.79 Å². The maximum atomic E-state index is 12.2. The highest BCUT2D eigenvalue weighted by molar-refractivity contribution is 9.10. The highest BCUT2D eigenvalue weighted by Crippen LogP contribution is 2.17. The highest BCUT2D eigenvalue weighted by atomic mass is 79.9. The number of hydrogen-bond acceptors (Lipinski definition) is 2. The summed E-state index contributed by atoms with van der Waals surface area (Å²) in [4.78, 5) is 12.2. The fourth-order valence-electron chi connectivity index (χ4n) is 2.82. The predicted molar refractivity (Wildman–Crippen MR) is 90.2 cm³/mol. The van der Waals surface area contributed by atoms with Crippen molar-refractivity contribution in [2.24, 2.45) is 11.8 Å². The first-order chi connectivity index (χ1) is 10.2. The molecule has 2 N–H and O–H groups in total. The fraction of sp³-hybridized carbons (Fsp3) is 0.588. The molecule has 0 saturated carbocycles. The minimum absolute atomic E-state index is 0.155. The Labute approximate surface area is 136 Å². The maximum absolute atomic E-state index is 12.2. The van der Waals surface area contributed by atoms with E-state index in [9.17, 15) is 4.79 Å². The number of rotatable bonds is 6. The van der Waals surface area contributed by atoms with Crippen LogP contribution in [-0.4, -0.2) is 25.5 Å². The quantitative estimate of drug-likeness (QED) is 0.825. The third kappa shape index (κ3) is 5.44. The first kappa shape index (κ1) is 16.5. The van der Waals surface area contributed by atoms with Crippen LogP contribution in [0.4, 0.5) is 0 Å². The topological polar surface area (TPSA) is 41.1 Å². The Kier molecular flexibility index (Phi) is 6.71. The minimum atomic E-state index is 0.155. The van der Waals surface area contributed by atoms with Crippen molar-refractivity contribution >= 4 is 21.8 Å². The molecular weight excluding hydrogens is 328 g/mol. The van der Waals surface area contributed by atoms with Crippen molar-refractivity contribution in [1.82, 2.24) is 10.6 Å². The molecule has 0 radical (unpaired) electrons. The van der Waals surface area contributed by atoms with Crippen molar-refractivity contribution < 1.29 is 4.79 Å². The summed E-state index contributed by atoms with van der Waals surface area (Å²) in [5.41, 5.74) is 1.32. The number of benzene rings is 1. The molecule has 2 atom stereocenters. The van der Waals surface area contributed by atoms with Crippen molar-refractivity contribution in [1.29, 1.82) is 0 Å². The standard InChI is InChI=1S/C17H25BrN2O/c1-2-13(9-14-5-3-7-16(18)10-14)11-20-17(21)15-6-4-8-19-12-15/h3,5,7,10,13,15,19H,2,4,6,8-9,11-12H2,1H3,(H,20,21). The van der Waals surface area contributed by atoms with Gasteiger partial charge in [-0.05, 0) is 49.4 Å². The molecule has 0 bridgehead atoms. The zero-order valence-electron chi connectivity index (χ0n) is 12.7. The molecule has 3 nitrogen and oxygen atoms in total. The lowest BCUT2D eigenvalue weighted by Crippen LogP contribution is -2.42. The molecule has 1 aromatic rings. The van der Waals surface area contributed by atoms with Crippen LogP contribution in [0.2, 0.25) is 0 Å². The number of hydrogen-bond donors (Lipinski definition) is 2. The summed E-state index contributed by atoms with van der Waals surface area (Å²) < 4.78 is 1.12. The van der Waals surface area contributed by atoms with Crippen LogP contribution >= 0.6 is 15.9 Å². The van der Waals surface area contributed by atoms with E-state index in [0.29, 0.717) is 5.92 Å². The van der Waals surface area contributed by atoms with E-state index in [1.807, 2.05) is 6.07 Å². The van der Waals surface area contributed by atoms with Gasteiger partial charge in [0.1, 0.15) is 0 Å². The van der Waals surface area contributed by atoms with Crippen LogP contribution in [0, 0.1) is 11.8 Å². The van der Waals surface area contributed by atoms with Crippen molar-refractivity contribution in [3.8, 4) is 0 Å². The van der Waals surface area contributed by atoms with E-state index >= 15 is 0 Å². The van der Waals surface area contributed by atoms with E-state index in [-0.39, 0.29) is 11.8 Å². The minimum Gasteiger partial charge on any atom is -0.356 e. The number of nitrogens with one attached hydrogen (secondary N) is 2. The molecule has 0 spiro atoms. The van der Waals surface area contributed by atoms with Crippen LogP contribution in [0.5, 0.6) is 0 Å². The Bertz CT molecular complexity index is 458. The summed E-state index contributed by atoms with van der Waals surface area (Å²) in [7, 11) is 0. The molecule has 1 saturated heterocycles. The molecular formula is C17H25BrN2O. The SMILES string of the molecule is CCC(CNC(=O)C1CCCNC1)Cc1cccc(Br)c1. The van der Waals surface area contributed by atoms with E-state index in [2.05, 4.69) is 51.7 Å². The van der Waals surface area contributed by atoms with Crippen molar-refractivity contribution in [3.05, 3.63) is 34.3 Å². The third-order valence-electron chi connectivity index (χ3n) is 4.22. The number of carbonyl (C=O) groups is 1. The van der Waals surface area contributed by atoms with Gasteiger partial charge < -0.3 is 10.6 Å². The summed E-state index contributed by atoms with van der Waals surface area (Å²) in [6.07, 6.45) is 4.21. The summed E-state index contributed by atoms with van der Waals surface area (Å²) >= 11 is 3.51. The van der Waals surface area contributed by atoms with Gasteiger partial charge in [0.15, 0.2) is 0 Å². The lowest BCUT2D eigenvalue weighted by atomic mass is 9.95. The third-order valence-corrected chi connectivity index (χ3v) is 4.72. The van der Waals surface area contributed by atoms with Crippen LogP contribution in [0.3, 0.4) is 0 Å². The fourth-order valence-corrected chi connectivity index (χ4v) is 3.27. The Morgan fingerprint density at radius 1 is 1.52 bits per heavy atom. The van der Waals surface area contributed by atoms with Gasteiger partial charge >= 0.3 is 0 Å². The average molecular weight is 353 g/mol. The molecule has 4 heteroatoms. The van der Waals surface area contributed by atoms with Crippen molar-refractivity contribution in [3.63, 3.8) is 0 Å². The molecule has 1 fully saturated rings. The number of amides is 1. The van der Waals surface area contributed by atoms with E-state index in [4.69, 9.17) is 0 Å². The summed E-state index contributed by atoms with van der Waals surface area (Å²) in [6, 6.07) is 8.43. The van der Waals surface area contributed by atoms with Crippen LogP contribution < -0.4 is 10.6 Å². The second-order valence-corrected chi connectivity index (χ2v) is 6.81. The van der Waals surface area contributed by atoms with Gasteiger partial charge in [0.2, 0.25) is 5.91 Å². The molecule has 2 unspecified atom stereocenters. The number of halogens is 1. The predicted octanol–water partition coefficient (Wildman–Crippen LogP) is 3.13. The largest absolute Gasteiger partial charge is 0.356 e. The first-order valence-electron chi connectivity index (χ1n) is 7.92. The van der Waals surface area contributed by atoms with Crippen LogP contribution in [0.15, 0.2) is 28.7 Å². The molecule has 1 aliphatic rings. The lowest BCUT2D eigenvalue weighted by Gasteiger charge is -2.23. The average Bonchev–Trinajstić information content (AvgIpc) is 2.52. The number of piperidine rings is 1. The van der Waals surface area contributed by atoms with E-state index < -0.39 is 0 Å². The Hall–Kier alpha value is -0.870. The highest BCUT2D eigenvalue weighted by Gasteiger charge is 2.21. The Morgan fingerprint density at radius 2 is 2.38 bits per heavy atom. The molecule has 116 valence electrons. The van der Waals surface area contributed by atoms with Gasteiger partial charge in [0.25, 0.3) is 0 Å². The zero-order chi connectivity index (χ0) is 15.1. The Morgan fingerprint density at radius 3 is 3.05 bits per heavy atom. The van der Waals surface area contributed by atoms with E-state index in [1.54, 1.807) is 0 Å². The second-order valence-electron chi connectivity index (χ2n) is 5.90. The molecule has 21 heavy (non-hydrogen) atoms. The first-order valence-corrected chi connectivity index (χ1v) is 8.71. The van der Waals surface area contributed by atoms with Gasteiger partial charge in [0, 0.05) is 17.6 Å². The van der Waals surface area contributed by atoms with Crippen LogP contribution in [0.1, 0.15) is 31.7 Å². The van der Waals surface area contributed by atoms with Gasteiger partial charge in [-0.15, -0.1) is 0 Å². The molecule has 1 aliphatic heterocycles.